The van der Waals surface area contributed by atoms with Gasteiger partial charge in [-0.05, 0) is 17.2 Å². The van der Waals surface area contributed by atoms with Crippen LogP contribution in [0.5, 0.6) is 0 Å². The second-order valence-electron chi connectivity index (χ2n) is 3.44. The normalized spacial score (nSPS) is 11.1. The van der Waals surface area contributed by atoms with Gasteiger partial charge in [0.1, 0.15) is 0 Å². The van der Waals surface area contributed by atoms with Crippen molar-refractivity contribution in [2.24, 2.45) is 0 Å². The van der Waals surface area contributed by atoms with Crippen LogP contribution in [0.2, 0.25) is 0 Å². The number of halogens is 4. The van der Waals surface area contributed by atoms with Crippen molar-refractivity contribution in [3.63, 3.8) is 0 Å². The number of hydrogen-bond donors (Lipinski definition) is 1. The Morgan fingerprint density at radius 1 is 1.44 bits per heavy atom. The molecule has 1 aromatic rings. The van der Waals surface area contributed by atoms with Gasteiger partial charge in [-0.3, -0.25) is 4.79 Å². The topological polar surface area (TPSA) is 61.1 Å². The lowest BCUT2D eigenvalue weighted by molar-refractivity contribution is -0.139. The van der Waals surface area contributed by atoms with Crippen molar-refractivity contribution >= 4 is 17.6 Å². The first-order valence-electron chi connectivity index (χ1n) is 4.71. The predicted molar refractivity (Wildman–Crippen MR) is 57.1 cm³/mol. The van der Waals surface area contributed by atoms with Crippen LogP contribution >= 0.6 is 11.6 Å². The van der Waals surface area contributed by atoms with Gasteiger partial charge in [-0.2, -0.15) is 18.4 Å². The average molecular weight is 278 g/mol. The van der Waals surface area contributed by atoms with Crippen LogP contribution in [0.4, 0.5) is 13.2 Å². The average Bonchev–Trinajstić information content (AvgIpc) is 2.25. The number of nitriles is 1. The monoisotopic (exact) mass is 277 g/mol. The van der Waals surface area contributed by atoms with Crippen LogP contribution in [-0.4, -0.2) is 11.1 Å². The molecule has 0 bridgehead atoms. The maximum absolute atomic E-state index is 12.9. The van der Waals surface area contributed by atoms with Crippen LogP contribution in [0, 0.1) is 11.3 Å². The highest BCUT2D eigenvalue weighted by molar-refractivity contribution is 6.17. The second kappa shape index (κ2) is 5.27. The molecule has 1 N–H and O–H groups in total. The molecule has 0 fully saturated rings. The number of carboxylic acids is 1. The Bertz CT molecular complexity index is 520. The first-order chi connectivity index (χ1) is 8.31. The number of carbonyl (C=O) groups is 1. The van der Waals surface area contributed by atoms with Crippen molar-refractivity contribution in [2.45, 2.75) is 18.5 Å². The Balaban J connectivity index is 3.59. The van der Waals surface area contributed by atoms with E-state index >= 15 is 0 Å². The molecule has 3 nitrogen and oxygen atoms in total. The summed E-state index contributed by atoms with van der Waals surface area (Å²) in [5, 5.41) is 17.3. The predicted octanol–water partition coefficient (Wildman–Crippen LogP) is 2.94. The zero-order chi connectivity index (χ0) is 13.9. The Morgan fingerprint density at radius 2 is 2.06 bits per heavy atom. The third-order valence-corrected chi connectivity index (χ3v) is 2.57. The largest absolute Gasteiger partial charge is 0.481 e. The van der Waals surface area contributed by atoms with Crippen molar-refractivity contribution in [1.82, 2.24) is 0 Å². The van der Waals surface area contributed by atoms with E-state index in [9.17, 15) is 18.0 Å². The van der Waals surface area contributed by atoms with Crippen LogP contribution in [0.3, 0.4) is 0 Å². The third-order valence-electron chi connectivity index (χ3n) is 2.29. The maximum atomic E-state index is 12.9. The van der Waals surface area contributed by atoms with Gasteiger partial charge in [-0.25, -0.2) is 0 Å². The highest BCUT2D eigenvalue weighted by atomic mass is 35.5. The van der Waals surface area contributed by atoms with Crippen LogP contribution in [0.1, 0.15) is 22.3 Å². The van der Waals surface area contributed by atoms with Crippen LogP contribution in [0.15, 0.2) is 12.1 Å². The van der Waals surface area contributed by atoms with Crippen LogP contribution in [0.25, 0.3) is 0 Å². The number of hydrogen-bond acceptors (Lipinski definition) is 2. The highest BCUT2D eigenvalue weighted by Crippen LogP contribution is 2.36. The minimum atomic E-state index is -4.79. The van der Waals surface area contributed by atoms with Gasteiger partial charge in [0, 0.05) is 5.88 Å². The molecule has 0 atom stereocenters. The summed E-state index contributed by atoms with van der Waals surface area (Å²) in [6.07, 6.45) is -5.62. The molecular weight excluding hydrogens is 271 g/mol. The molecule has 0 unspecified atom stereocenters. The summed E-state index contributed by atoms with van der Waals surface area (Å²) in [6.45, 7) is 0. The molecule has 1 rings (SSSR count). The maximum Gasteiger partial charge on any atom is 0.417 e. The standard InChI is InChI=1S/C11H7ClF3NO2/c12-4-6-1-2-7(5-16)10(11(13,14)15)8(6)3-9(17)18/h1-2H,3-4H2,(H,17,18). The highest BCUT2D eigenvalue weighted by Gasteiger charge is 2.37. The fourth-order valence-electron chi connectivity index (χ4n) is 1.59. The molecule has 0 aromatic heterocycles. The van der Waals surface area contributed by atoms with E-state index in [1.807, 2.05) is 0 Å². The van der Waals surface area contributed by atoms with Gasteiger partial charge in [0.25, 0.3) is 0 Å². The number of benzene rings is 1. The molecule has 0 saturated carbocycles. The molecular formula is C11H7ClF3NO2. The van der Waals surface area contributed by atoms with Crippen molar-refractivity contribution in [3.8, 4) is 6.07 Å². The van der Waals surface area contributed by atoms with E-state index in [1.54, 1.807) is 0 Å². The SMILES string of the molecule is N#Cc1ccc(CCl)c(CC(=O)O)c1C(F)(F)F. The summed E-state index contributed by atoms with van der Waals surface area (Å²) >= 11 is 5.49. The van der Waals surface area contributed by atoms with Crippen molar-refractivity contribution in [3.05, 3.63) is 34.4 Å². The number of rotatable bonds is 3. The molecule has 7 heteroatoms. The minimum absolute atomic E-state index is 0.0605. The van der Waals surface area contributed by atoms with Gasteiger partial charge < -0.3 is 5.11 Å². The number of nitrogens with zero attached hydrogens (tertiary/aromatic N) is 1. The lowest BCUT2D eigenvalue weighted by Gasteiger charge is -2.16. The molecule has 0 saturated heterocycles. The molecule has 18 heavy (non-hydrogen) atoms. The molecule has 0 aliphatic carbocycles. The van der Waals surface area contributed by atoms with Gasteiger partial charge in [0.05, 0.1) is 23.6 Å². The molecule has 1 aromatic carbocycles. The second-order valence-corrected chi connectivity index (χ2v) is 3.71. The van der Waals surface area contributed by atoms with Gasteiger partial charge in [0.15, 0.2) is 0 Å². The van der Waals surface area contributed by atoms with E-state index in [1.165, 1.54) is 12.1 Å². The molecule has 0 spiro atoms. The first kappa shape index (κ1) is 14.3. The molecule has 0 aliphatic rings. The number of alkyl halides is 4. The Labute approximate surface area is 105 Å². The summed E-state index contributed by atoms with van der Waals surface area (Å²) in [7, 11) is 0. The first-order valence-corrected chi connectivity index (χ1v) is 5.24. The van der Waals surface area contributed by atoms with Crippen LogP contribution < -0.4 is 0 Å². The lowest BCUT2D eigenvalue weighted by atomic mass is 9.94. The van der Waals surface area contributed by atoms with Gasteiger partial charge in [-0.15, -0.1) is 11.6 Å². The zero-order valence-electron chi connectivity index (χ0n) is 8.88. The van der Waals surface area contributed by atoms with E-state index in [-0.39, 0.29) is 11.4 Å². The van der Waals surface area contributed by atoms with E-state index in [0.29, 0.717) is 0 Å². The summed E-state index contributed by atoms with van der Waals surface area (Å²) in [4.78, 5) is 10.6. The van der Waals surface area contributed by atoms with Crippen molar-refractivity contribution in [1.29, 1.82) is 5.26 Å². The van der Waals surface area contributed by atoms with Crippen molar-refractivity contribution in [2.75, 3.05) is 0 Å². The third kappa shape index (κ3) is 2.93. The van der Waals surface area contributed by atoms with Gasteiger partial charge in [0.2, 0.25) is 0 Å². The van der Waals surface area contributed by atoms with Crippen molar-refractivity contribution < 1.29 is 23.1 Å². The van der Waals surface area contributed by atoms with E-state index in [0.717, 1.165) is 6.07 Å². The molecule has 0 heterocycles. The molecule has 0 aliphatic heterocycles. The van der Waals surface area contributed by atoms with Crippen LogP contribution in [-0.2, 0) is 23.3 Å². The Hall–Kier alpha value is -1.74. The quantitative estimate of drug-likeness (QED) is 0.864. The summed E-state index contributed by atoms with van der Waals surface area (Å²) in [5.74, 6) is -1.67. The van der Waals surface area contributed by atoms with Gasteiger partial charge >= 0.3 is 12.1 Å². The fraction of sp³-hybridized carbons (Fsp3) is 0.273. The van der Waals surface area contributed by atoms with E-state index < -0.39 is 35.3 Å². The zero-order valence-corrected chi connectivity index (χ0v) is 9.64. The number of carboxylic acid groups (broad SMARTS) is 1. The lowest BCUT2D eigenvalue weighted by Crippen LogP contribution is -2.16. The number of aliphatic carboxylic acids is 1. The fourth-order valence-corrected chi connectivity index (χ4v) is 1.84. The molecule has 96 valence electrons. The smallest absolute Gasteiger partial charge is 0.417 e. The Kier molecular flexibility index (Phi) is 4.19. The summed E-state index contributed by atoms with van der Waals surface area (Å²) < 4.78 is 38.6. The summed E-state index contributed by atoms with van der Waals surface area (Å²) in [6, 6.07) is 3.64. The summed E-state index contributed by atoms with van der Waals surface area (Å²) in [5.41, 5.74) is -2.22. The minimum Gasteiger partial charge on any atom is -0.481 e. The Morgan fingerprint density at radius 3 is 2.44 bits per heavy atom. The molecule has 0 radical (unpaired) electrons. The van der Waals surface area contributed by atoms with E-state index in [2.05, 4.69) is 0 Å². The van der Waals surface area contributed by atoms with Gasteiger partial charge in [-0.1, -0.05) is 6.07 Å². The van der Waals surface area contributed by atoms with E-state index in [4.69, 9.17) is 22.0 Å². The molecule has 0 amide bonds.